The third-order valence-electron chi connectivity index (χ3n) is 2.27. The fraction of sp³-hybridized carbons (Fsp3) is 0.556. The highest BCUT2D eigenvalue weighted by Crippen LogP contribution is 2.42. The van der Waals surface area contributed by atoms with Gasteiger partial charge in [0.1, 0.15) is 15.7 Å². The van der Waals surface area contributed by atoms with E-state index in [4.69, 9.17) is 18.0 Å². The van der Waals surface area contributed by atoms with E-state index in [-0.39, 0.29) is 5.75 Å². The second-order valence-corrected chi connectivity index (χ2v) is 7.69. The number of hydrogen-bond acceptors (Lipinski definition) is 5. The van der Waals surface area contributed by atoms with Crippen molar-refractivity contribution >= 4 is 38.4 Å². The van der Waals surface area contributed by atoms with Crippen molar-refractivity contribution in [2.24, 2.45) is 5.73 Å². The summed E-state index contributed by atoms with van der Waals surface area (Å²) in [6, 6.07) is 0. The Hall–Kier alpha value is -0.530. The normalized spacial score (nSPS) is 16.3. The van der Waals surface area contributed by atoms with Gasteiger partial charge < -0.3 is 5.73 Å². The van der Waals surface area contributed by atoms with Crippen LogP contribution in [0.25, 0.3) is 0 Å². The molecule has 0 saturated heterocycles. The highest BCUT2D eigenvalue weighted by atomic mass is 32.2. The first kappa shape index (κ1) is 11.9. The predicted octanol–water partition coefficient (Wildman–Crippen LogP) is 1.20. The van der Waals surface area contributed by atoms with Crippen molar-refractivity contribution in [1.29, 1.82) is 0 Å². The smallest absolute Gasteiger partial charge is 0.153 e. The van der Waals surface area contributed by atoms with Crippen LogP contribution in [-0.4, -0.2) is 24.6 Å². The van der Waals surface area contributed by atoms with Crippen molar-refractivity contribution in [3.05, 3.63) is 15.6 Å². The van der Waals surface area contributed by atoms with Gasteiger partial charge in [-0.25, -0.2) is 13.4 Å². The molecule has 0 atom stereocenters. The summed E-state index contributed by atoms with van der Waals surface area (Å²) >= 11 is 6.26. The lowest BCUT2D eigenvalue weighted by Crippen LogP contribution is -2.09. The summed E-state index contributed by atoms with van der Waals surface area (Å²) in [5, 5.41) is 0.590. The van der Waals surface area contributed by atoms with Crippen molar-refractivity contribution in [2.75, 3.05) is 6.26 Å². The fourth-order valence-electron chi connectivity index (χ4n) is 1.47. The molecule has 1 saturated carbocycles. The van der Waals surface area contributed by atoms with Crippen LogP contribution in [-0.2, 0) is 15.6 Å². The van der Waals surface area contributed by atoms with E-state index in [0.29, 0.717) is 15.9 Å². The Morgan fingerprint density at radius 1 is 1.62 bits per heavy atom. The van der Waals surface area contributed by atoms with Gasteiger partial charge in [0.05, 0.1) is 10.6 Å². The zero-order valence-electron chi connectivity index (χ0n) is 8.76. The maximum atomic E-state index is 11.2. The van der Waals surface area contributed by atoms with Crippen molar-refractivity contribution in [3.63, 3.8) is 0 Å². The molecule has 1 aromatic heterocycles. The van der Waals surface area contributed by atoms with Crippen LogP contribution in [0, 0.1) is 0 Å². The average molecular weight is 276 g/mol. The SMILES string of the molecule is CS(=O)(=O)Cc1nc(C2CC2)c(C(N)=S)s1. The molecule has 1 fully saturated rings. The first-order chi connectivity index (χ1) is 7.37. The van der Waals surface area contributed by atoms with Crippen LogP contribution in [0.3, 0.4) is 0 Å². The minimum Gasteiger partial charge on any atom is -0.389 e. The topological polar surface area (TPSA) is 73.0 Å². The molecule has 1 aliphatic carbocycles. The first-order valence-corrected chi connectivity index (χ1v) is 8.12. The van der Waals surface area contributed by atoms with Crippen molar-refractivity contribution < 1.29 is 8.42 Å². The molecule has 0 radical (unpaired) electrons. The first-order valence-electron chi connectivity index (χ1n) is 4.84. The molecule has 0 spiro atoms. The van der Waals surface area contributed by atoms with E-state index in [9.17, 15) is 8.42 Å². The van der Waals surface area contributed by atoms with Crippen LogP contribution >= 0.6 is 23.6 Å². The number of sulfone groups is 1. The van der Waals surface area contributed by atoms with E-state index in [0.717, 1.165) is 23.4 Å². The molecule has 2 N–H and O–H groups in total. The van der Waals surface area contributed by atoms with Gasteiger partial charge in [0.15, 0.2) is 9.84 Å². The van der Waals surface area contributed by atoms with Gasteiger partial charge in [-0.1, -0.05) is 12.2 Å². The molecular weight excluding hydrogens is 264 g/mol. The monoisotopic (exact) mass is 276 g/mol. The Morgan fingerprint density at radius 2 is 2.25 bits per heavy atom. The van der Waals surface area contributed by atoms with Crippen LogP contribution in [0.1, 0.15) is 34.3 Å². The van der Waals surface area contributed by atoms with Crippen molar-refractivity contribution in [3.8, 4) is 0 Å². The van der Waals surface area contributed by atoms with Crippen LogP contribution < -0.4 is 5.73 Å². The van der Waals surface area contributed by atoms with E-state index in [1.165, 1.54) is 17.6 Å². The van der Waals surface area contributed by atoms with Crippen LogP contribution in [0.4, 0.5) is 0 Å². The molecule has 0 aliphatic heterocycles. The summed E-state index contributed by atoms with van der Waals surface area (Å²) in [6.07, 6.45) is 3.39. The molecule has 4 nitrogen and oxygen atoms in total. The third kappa shape index (κ3) is 2.78. The molecule has 88 valence electrons. The number of nitrogens with two attached hydrogens (primary N) is 1. The summed E-state index contributed by atoms with van der Waals surface area (Å²) in [7, 11) is -3.05. The van der Waals surface area contributed by atoms with E-state index in [1.54, 1.807) is 0 Å². The number of nitrogens with zero attached hydrogens (tertiary/aromatic N) is 1. The van der Waals surface area contributed by atoms with Gasteiger partial charge in [-0.3, -0.25) is 0 Å². The van der Waals surface area contributed by atoms with E-state index in [2.05, 4.69) is 4.98 Å². The highest BCUT2D eigenvalue weighted by molar-refractivity contribution is 7.90. The lowest BCUT2D eigenvalue weighted by Gasteiger charge is -1.95. The lowest BCUT2D eigenvalue weighted by molar-refractivity contribution is 0.601. The molecule has 1 aliphatic rings. The van der Waals surface area contributed by atoms with Crippen molar-refractivity contribution in [1.82, 2.24) is 4.98 Å². The number of hydrogen-bond donors (Lipinski definition) is 1. The maximum absolute atomic E-state index is 11.2. The summed E-state index contributed by atoms with van der Waals surface area (Å²) < 4.78 is 22.4. The van der Waals surface area contributed by atoms with Gasteiger partial charge in [-0.05, 0) is 12.8 Å². The summed E-state index contributed by atoms with van der Waals surface area (Å²) in [5.74, 6) is 0.404. The number of rotatable bonds is 4. The molecule has 0 bridgehead atoms. The number of thiocarbonyl (C=S) groups is 1. The van der Waals surface area contributed by atoms with Gasteiger partial charge in [0.2, 0.25) is 0 Å². The Labute approximate surface area is 104 Å². The fourth-order valence-corrected chi connectivity index (χ4v) is 3.89. The summed E-state index contributed by atoms with van der Waals surface area (Å²) in [4.78, 5) is 5.46. The van der Waals surface area contributed by atoms with E-state index >= 15 is 0 Å². The third-order valence-corrected chi connectivity index (χ3v) is 4.69. The molecule has 16 heavy (non-hydrogen) atoms. The standard InChI is InChI=1S/C9H12N2O2S3/c1-16(12,13)4-6-11-7(5-2-3-5)8(15-6)9(10)14/h5H,2-4H2,1H3,(H2,10,14). The van der Waals surface area contributed by atoms with Gasteiger partial charge in [0.25, 0.3) is 0 Å². The molecule has 0 aromatic carbocycles. The minimum absolute atomic E-state index is 0.0278. The number of thiazole rings is 1. The van der Waals surface area contributed by atoms with Crippen LogP contribution in [0.2, 0.25) is 0 Å². The zero-order valence-corrected chi connectivity index (χ0v) is 11.2. The van der Waals surface area contributed by atoms with Gasteiger partial charge in [-0.2, -0.15) is 0 Å². The highest BCUT2D eigenvalue weighted by Gasteiger charge is 2.30. The summed E-state index contributed by atoms with van der Waals surface area (Å²) in [5.41, 5.74) is 6.51. The molecule has 0 amide bonds. The average Bonchev–Trinajstić information content (AvgIpc) is 2.86. The molecule has 1 heterocycles. The maximum Gasteiger partial charge on any atom is 0.153 e. The Balaban J connectivity index is 2.35. The molecule has 2 rings (SSSR count). The second-order valence-electron chi connectivity index (χ2n) is 4.03. The Kier molecular flexibility index (Phi) is 3.02. The largest absolute Gasteiger partial charge is 0.389 e. The van der Waals surface area contributed by atoms with Crippen LogP contribution in [0.15, 0.2) is 0 Å². The minimum atomic E-state index is -3.05. The van der Waals surface area contributed by atoms with Gasteiger partial charge in [0, 0.05) is 12.2 Å². The second kappa shape index (κ2) is 4.05. The zero-order chi connectivity index (χ0) is 11.9. The number of aromatic nitrogens is 1. The molecule has 7 heteroatoms. The van der Waals surface area contributed by atoms with E-state index in [1.807, 2.05) is 0 Å². The van der Waals surface area contributed by atoms with Gasteiger partial charge >= 0.3 is 0 Å². The molecule has 0 unspecified atom stereocenters. The lowest BCUT2D eigenvalue weighted by atomic mass is 10.2. The van der Waals surface area contributed by atoms with Crippen molar-refractivity contribution in [2.45, 2.75) is 24.5 Å². The molecular formula is C9H12N2O2S3. The quantitative estimate of drug-likeness (QED) is 0.837. The summed E-state index contributed by atoms with van der Waals surface area (Å²) in [6.45, 7) is 0. The van der Waals surface area contributed by atoms with Crippen LogP contribution in [0.5, 0.6) is 0 Å². The Bertz CT molecular complexity index is 529. The van der Waals surface area contributed by atoms with E-state index < -0.39 is 9.84 Å². The molecule has 1 aromatic rings. The Morgan fingerprint density at radius 3 is 2.69 bits per heavy atom. The van der Waals surface area contributed by atoms with Gasteiger partial charge in [-0.15, -0.1) is 11.3 Å². The predicted molar refractivity (Wildman–Crippen MR) is 68.5 cm³/mol.